The van der Waals surface area contributed by atoms with Crippen molar-refractivity contribution in [1.29, 1.82) is 0 Å². The predicted molar refractivity (Wildman–Crippen MR) is 37.6 cm³/mol. The molecule has 0 aliphatic carbocycles. The third-order valence-electron chi connectivity index (χ3n) is 1.38. The fraction of sp³-hybridized carbons (Fsp3) is 0.833. The van der Waals surface area contributed by atoms with Gasteiger partial charge >= 0.3 is 0 Å². The third kappa shape index (κ3) is 1.15. The van der Waals surface area contributed by atoms with E-state index in [4.69, 9.17) is 0 Å². The first-order chi connectivity index (χ1) is 4.75. The molecule has 0 atom stereocenters. The van der Waals surface area contributed by atoms with Gasteiger partial charge in [-0.1, -0.05) is 13.8 Å². The standard InChI is InChI=1S/C6H12N4/c1-4-10-6(5(2)3)7-8-9-10/h5H,4H2,1-3H3. The number of aryl methyl sites for hydroxylation is 1. The van der Waals surface area contributed by atoms with Crippen LogP contribution in [-0.2, 0) is 6.54 Å². The van der Waals surface area contributed by atoms with E-state index >= 15 is 0 Å². The molecule has 0 aliphatic rings. The van der Waals surface area contributed by atoms with E-state index in [1.807, 2.05) is 11.6 Å². The normalized spacial score (nSPS) is 10.8. The molecule has 56 valence electrons. The van der Waals surface area contributed by atoms with E-state index in [1.165, 1.54) is 0 Å². The van der Waals surface area contributed by atoms with Crippen LogP contribution < -0.4 is 0 Å². The quantitative estimate of drug-likeness (QED) is 0.610. The van der Waals surface area contributed by atoms with Gasteiger partial charge < -0.3 is 0 Å². The Hall–Kier alpha value is -0.930. The molecule has 4 nitrogen and oxygen atoms in total. The molecule has 0 N–H and O–H groups in total. The zero-order valence-corrected chi connectivity index (χ0v) is 6.57. The van der Waals surface area contributed by atoms with Crippen molar-refractivity contribution in [3.8, 4) is 0 Å². The molecule has 0 spiro atoms. The lowest BCUT2D eigenvalue weighted by molar-refractivity contribution is 0.577. The maximum atomic E-state index is 3.89. The SMILES string of the molecule is CCn1nnnc1C(C)C. The van der Waals surface area contributed by atoms with E-state index in [2.05, 4.69) is 29.4 Å². The van der Waals surface area contributed by atoms with Crippen molar-refractivity contribution in [3.05, 3.63) is 5.82 Å². The number of hydrogen-bond acceptors (Lipinski definition) is 3. The molecule has 10 heavy (non-hydrogen) atoms. The van der Waals surface area contributed by atoms with Gasteiger partial charge in [-0.25, -0.2) is 4.68 Å². The maximum Gasteiger partial charge on any atom is 0.153 e. The maximum absolute atomic E-state index is 3.89. The number of nitrogens with zero attached hydrogens (tertiary/aromatic N) is 4. The molecule has 0 radical (unpaired) electrons. The molecule has 1 aromatic heterocycles. The average Bonchev–Trinajstić information content (AvgIpc) is 2.33. The van der Waals surface area contributed by atoms with Crippen molar-refractivity contribution in [2.45, 2.75) is 33.2 Å². The van der Waals surface area contributed by atoms with E-state index in [1.54, 1.807) is 0 Å². The van der Waals surface area contributed by atoms with Gasteiger partial charge in [0.1, 0.15) is 0 Å². The largest absolute Gasteiger partial charge is 0.230 e. The minimum absolute atomic E-state index is 0.412. The molecule has 4 heteroatoms. The Morgan fingerprint density at radius 3 is 2.60 bits per heavy atom. The van der Waals surface area contributed by atoms with Gasteiger partial charge in [0.15, 0.2) is 5.82 Å². The van der Waals surface area contributed by atoms with Crippen molar-refractivity contribution in [2.75, 3.05) is 0 Å². The summed E-state index contributed by atoms with van der Waals surface area (Å²) in [6.45, 7) is 7.04. The van der Waals surface area contributed by atoms with Crippen LogP contribution in [0, 0.1) is 0 Å². The van der Waals surface area contributed by atoms with Gasteiger partial charge in [-0.15, -0.1) is 5.10 Å². The Kier molecular flexibility index (Phi) is 1.99. The second-order valence-electron chi connectivity index (χ2n) is 2.51. The molecule has 0 aliphatic heterocycles. The molecule has 0 bridgehead atoms. The van der Waals surface area contributed by atoms with Crippen LogP contribution in [0.1, 0.15) is 32.5 Å². The molecular weight excluding hydrogens is 128 g/mol. The topological polar surface area (TPSA) is 43.6 Å². The summed E-state index contributed by atoms with van der Waals surface area (Å²) in [6, 6.07) is 0. The van der Waals surface area contributed by atoms with Crippen LogP contribution in [0.4, 0.5) is 0 Å². The minimum atomic E-state index is 0.412. The summed E-state index contributed by atoms with van der Waals surface area (Å²) in [4.78, 5) is 0. The molecule has 1 heterocycles. The number of rotatable bonds is 2. The number of tetrazole rings is 1. The zero-order chi connectivity index (χ0) is 7.56. The van der Waals surface area contributed by atoms with E-state index in [0.29, 0.717) is 5.92 Å². The van der Waals surface area contributed by atoms with Gasteiger partial charge in [0.05, 0.1) is 0 Å². The highest BCUT2D eigenvalue weighted by Crippen LogP contribution is 2.07. The Balaban J connectivity index is 2.90. The van der Waals surface area contributed by atoms with Crippen LogP contribution in [-0.4, -0.2) is 20.2 Å². The van der Waals surface area contributed by atoms with Crippen LogP contribution in [0.25, 0.3) is 0 Å². The molecular formula is C6H12N4. The number of hydrogen-bond donors (Lipinski definition) is 0. The lowest BCUT2D eigenvalue weighted by Gasteiger charge is -2.01. The molecule has 0 amide bonds. The van der Waals surface area contributed by atoms with E-state index in [0.717, 1.165) is 12.4 Å². The van der Waals surface area contributed by atoms with Crippen molar-refractivity contribution in [2.24, 2.45) is 0 Å². The summed E-state index contributed by atoms with van der Waals surface area (Å²) >= 11 is 0. The predicted octanol–water partition coefficient (Wildman–Crippen LogP) is 0.816. The van der Waals surface area contributed by atoms with Gasteiger partial charge in [-0.2, -0.15) is 0 Å². The summed E-state index contributed by atoms with van der Waals surface area (Å²) in [5.41, 5.74) is 0. The van der Waals surface area contributed by atoms with Crippen molar-refractivity contribution < 1.29 is 0 Å². The Labute approximate surface area is 60.2 Å². The summed E-state index contributed by atoms with van der Waals surface area (Å²) in [6.07, 6.45) is 0. The second kappa shape index (κ2) is 2.77. The summed E-state index contributed by atoms with van der Waals surface area (Å²) in [5, 5.41) is 11.3. The van der Waals surface area contributed by atoms with Crippen LogP contribution in [0.3, 0.4) is 0 Å². The van der Waals surface area contributed by atoms with Gasteiger partial charge in [-0.3, -0.25) is 0 Å². The zero-order valence-electron chi connectivity index (χ0n) is 6.57. The molecule has 0 aromatic carbocycles. The van der Waals surface area contributed by atoms with Crippen LogP contribution in [0.5, 0.6) is 0 Å². The lowest BCUT2D eigenvalue weighted by atomic mass is 10.2. The van der Waals surface area contributed by atoms with Gasteiger partial charge in [0.2, 0.25) is 0 Å². The minimum Gasteiger partial charge on any atom is -0.230 e. The molecule has 0 unspecified atom stereocenters. The monoisotopic (exact) mass is 140 g/mol. The smallest absolute Gasteiger partial charge is 0.153 e. The Morgan fingerprint density at radius 1 is 1.50 bits per heavy atom. The van der Waals surface area contributed by atoms with Crippen LogP contribution >= 0.6 is 0 Å². The average molecular weight is 140 g/mol. The molecule has 0 fully saturated rings. The first kappa shape index (κ1) is 7.18. The van der Waals surface area contributed by atoms with Gasteiger partial charge in [0, 0.05) is 12.5 Å². The van der Waals surface area contributed by atoms with E-state index < -0.39 is 0 Å². The van der Waals surface area contributed by atoms with Crippen LogP contribution in [0.2, 0.25) is 0 Å². The van der Waals surface area contributed by atoms with Crippen LogP contribution in [0.15, 0.2) is 0 Å². The van der Waals surface area contributed by atoms with Gasteiger partial charge in [-0.05, 0) is 17.4 Å². The first-order valence-electron chi connectivity index (χ1n) is 3.51. The molecule has 1 aromatic rings. The highest BCUT2D eigenvalue weighted by molar-refractivity contribution is 4.87. The van der Waals surface area contributed by atoms with Crippen molar-refractivity contribution >= 4 is 0 Å². The Bertz CT molecular complexity index is 203. The summed E-state index contributed by atoms with van der Waals surface area (Å²) in [5.74, 6) is 1.37. The molecule has 0 saturated carbocycles. The fourth-order valence-corrected chi connectivity index (χ4v) is 0.850. The molecule has 0 saturated heterocycles. The lowest BCUT2D eigenvalue weighted by Crippen LogP contribution is -2.04. The second-order valence-corrected chi connectivity index (χ2v) is 2.51. The van der Waals surface area contributed by atoms with E-state index in [9.17, 15) is 0 Å². The van der Waals surface area contributed by atoms with Crippen molar-refractivity contribution in [3.63, 3.8) is 0 Å². The molecule has 1 rings (SSSR count). The van der Waals surface area contributed by atoms with Crippen molar-refractivity contribution in [1.82, 2.24) is 20.2 Å². The fourth-order valence-electron chi connectivity index (χ4n) is 0.850. The first-order valence-corrected chi connectivity index (χ1v) is 3.51. The Morgan fingerprint density at radius 2 is 2.20 bits per heavy atom. The van der Waals surface area contributed by atoms with Gasteiger partial charge in [0.25, 0.3) is 0 Å². The highest BCUT2D eigenvalue weighted by Gasteiger charge is 2.06. The van der Waals surface area contributed by atoms with E-state index in [-0.39, 0.29) is 0 Å². The summed E-state index contributed by atoms with van der Waals surface area (Å²) < 4.78 is 1.81. The third-order valence-corrected chi connectivity index (χ3v) is 1.38. The summed E-state index contributed by atoms with van der Waals surface area (Å²) in [7, 11) is 0. The highest BCUT2D eigenvalue weighted by atomic mass is 15.5. The number of aromatic nitrogens is 4.